The van der Waals surface area contributed by atoms with E-state index in [1.54, 1.807) is 0 Å². The molecule has 1 rings (SSSR count). The van der Waals surface area contributed by atoms with E-state index in [1.807, 2.05) is 0 Å². The Morgan fingerprint density at radius 2 is 2.14 bits per heavy atom. The summed E-state index contributed by atoms with van der Waals surface area (Å²) in [5, 5.41) is 0. The fraction of sp³-hybridized carbons (Fsp3) is 0.500. The molecular formula is C4H5O2P. The van der Waals surface area contributed by atoms with Crippen molar-refractivity contribution in [2.45, 2.75) is 6.42 Å². The largest absolute Gasteiger partial charge is 0.290 e. The molecular weight excluding hydrogens is 111 g/mol. The fourth-order valence-electron chi connectivity index (χ4n) is 0.502. The van der Waals surface area contributed by atoms with Crippen LogP contribution in [0.3, 0.4) is 0 Å². The Bertz CT molecular complexity index is 105. The van der Waals surface area contributed by atoms with E-state index in [-0.39, 0.29) is 19.9 Å². The van der Waals surface area contributed by atoms with E-state index in [9.17, 15) is 9.59 Å². The molecule has 1 saturated heterocycles. The van der Waals surface area contributed by atoms with Crippen molar-refractivity contribution in [3.8, 4) is 0 Å². The Morgan fingerprint density at radius 3 is 2.29 bits per heavy atom. The van der Waals surface area contributed by atoms with Crippen molar-refractivity contribution < 1.29 is 9.59 Å². The van der Waals surface area contributed by atoms with Crippen LogP contribution in [0.4, 0.5) is 0 Å². The summed E-state index contributed by atoms with van der Waals surface area (Å²) in [6.45, 7) is 0. The Hall–Kier alpha value is -0.230. The highest BCUT2D eigenvalue weighted by Gasteiger charge is 2.19. The van der Waals surface area contributed by atoms with Gasteiger partial charge in [-0.15, -0.1) is 0 Å². The molecule has 1 unspecified atom stereocenters. The standard InChI is InChI=1S/C4H5O2P/c5-3-1-2-7-4(3)6/h7H,1-2H2. The molecule has 0 radical (unpaired) electrons. The SMILES string of the molecule is O=C1CCPC1=O. The summed E-state index contributed by atoms with van der Waals surface area (Å²) in [5.41, 5.74) is -0.153. The summed E-state index contributed by atoms with van der Waals surface area (Å²) in [7, 11) is 0.274. The molecule has 1 heterocycles. The van der Waals surface area contributed by atoms with Crippen LogP contribution in [0.25, 0.3) is 0 Å². The topological polar surface area (TPSA) is 34.1 Å². The first-order valence-electron chi connectivity index (χ1n) is 2.12. The van der Waals surface area contributed by atoms with Crippen LogP contribution in [0.1, 0.15) is 6.42 Å². The highest BCUT2D eigenvalue weighted by atomic mass is 31.1. The molecule has 1 aliphatic rings. The molecule has 0 bridgehead atoms. The molecule has 0 aromatic carbocycles. The zero-order valence-electron chi connectivity index (χ0n) is 3.73. The normalized spacial score (nSPS) is 24.6. The van der Waals surface area contributed by atoms with Crippen LogP contribution >= 0.6 is 8.58 Å². The Morgan fingerprint density at radius 1 is 1.43 bits per heavy atom. The average Bonchev–Trinajstić information content (AvgIpc) is 1.91. The van der Waals surface area contributed by atoms with E-state index in [0.29, 0.717) is 6.42 Å². The molecule has 0 aromatic rings. The van der Waals surface area contributed by atoms with Crippen molar-refractivity contribution in [1.82, 2.24) is 0 Å². The predicted octanol–water partition coefficient (Wildman–Crippen LogP) is 0.164. The number of rotatable bonds is 0. The summed E-state index contributed by atoms with van der Waals surface area (Å²) in [5.74, 6) is -0.168. The van der Waals surface area contributed by atoms with Gasteiger partial charge in [0.2, 0.25) is 11.3 Å². The van der Waals surface area contributed by atoms with Crippen molar-refractivity contribution >= 4 is 19.9 Å². The lowest BCUT2D eigenvalue weighted by Gasteiger charge is -1.72. The second-order valence-electron chi connectivity index (χ2n) is 1.43. The third kappa shape index (κ3) is 0.859. The van der Waals surface area contributed by atoms with Gasteiger partial charge in [0.1, 0.15) is 0 Å². The van der Waals surface area contributed by atoms with Crippen LogP contribution in [-0.2, 0) is 9.59 Å². The Labute approximate surface area is 43.1 Å². The molecule has 0 amide bonds. The van der Waals surface area contributed by atoms with Crippen molar-refractivity contribution in [1.29, 1.82) is 0 Å². The van der Waals surface area contributed by atoms with Crippen molar-refractivity contribution in [3.05, 3.63) is 0 Å². The van der Waals surface area contributed by atoms with Gasteiger partial charge in [-0.3, -0.25) is 9.59 Å². The first-order valence-corrected chi connectivity index (χ1v) is 3.32. The zero-order chi connectivity index (χ0) is 5.28. The molecule has 0 spiro atoms. The second kappa shape index (κ2) is 1.71. The van der Waals surface area contributed by atoms with Crippen LogP contribution in [0.5, 0.6) is 0 Å². The smallest absolute Gasteiger partial charge is 0.216 e. The number of carbonyl (C=O) groups excluding carboxylic acids is 2. The van der Waals surface area contributed by atoms with E-state index in [4.69, 9.17) is 0 Å². The van der Waals surface area contributed by atoms with Crippen LogP contribution < -0.4 is 0 Å². The molecule has 0 aromatic heterocycles. The lowest BCUT2D eigenvalue weighted by molar-refractivity contribution is -0.130. The third-order valence-corrected chi connectivity index (χ3v) is 1.99. The van der Waals surface area contributed by atoms with E-state index in [2.05, 4.69) is 0 Å². The van der Waals surface area contributed by atoms with Crippen LogP contribution in [0.2, 0.25) is 0 Å². The number of ketones is 1. The summed E-state index contributed by atoms with van der Waals surface area (Å²) in [6, 6.07) is 0. The zero-order valence-corrected chi connectivity index (χ0v) is 4.73. The fourth-order valence-corrected chi connectivity index (χ4v) is 1.40. The highest BCUT2D eigenvalue weighted by Crippen LogP contribution is 2.21. The molecule has 1 fully saturated rings. The Kier molecular flexibility index (Phi) is 1.20. The van der Waals surface area contributed by atoms with Crippen molar-refractivity contribution in [2.75, 3.05) is 6.16 Å². The lowest BCUT2D eigenvalue weighted by Crippen LogP contribution is -1.98. The highest BCUT2D eigenvalue weighted by molar-refractivity contribution is 7.62. The summed E-state index contributed by atoms with van der Waals surface area (Å²) < 4.78 is 0. The van der Waals surface area contributed by atoms with E-state index >= 15 is 0 Å². The molecule has 7 heavy (non-hydrogen) atoms. The molecule has 38 valence electrons. The molecule has 2 nitrogen and oxygen atoms in total. The maximum absolute atomic E-state index is 10.2. The van der Waals surface area contributed by atoms with Gasteiger partial charge in [0.05, 0.1) is 0 Å². The molecule has 1 atom stereocenters. The number of hydrogen-bond donors (Lipinski definition) is 0. The van der Waals surface area contributed by atoms with Crippen LogP contribution in [0.15, 0.2) is 0 Å². The number of Topliss-reactive ketones (excluding diaryl/α,β-unsaturated/α-hetero) is 1. The van der Waals surface area contributed by atoms with Gasteiger partial charge in [0, 0.05) is 6.42 Å². The van der Waals surface area contributed by atoms with Crippen LogP contribution in [0, 0.1) is 0 Å². The predicted molar refractivity (Wildman–Crippen MR) is 27.8 cm³/mol. The summed E-state index contributed by atoms with van der Waals surface area (Å²) in [6.07, 6.45) is 1.30. The minimum absolute atomic E-state index is 0.153. The summed E-state index contributed by atoms with van der Waals surface area (Å²) in [4.78, 5) is 20.5. The van der Waals surface area contributed by atoms with E-state index < -0.39 is 0 Å². The molecule has 0 N–H and O–H groups in total. The van der Waals surface area contributed by atoms with Gasteiger partial charge in [-0.25, -0.2) is 0 Å². The van der Waals surface area contributed by atoms with Crippen LogP contribution in [-0.4, -0.2) is 17.5 Å². The first kappa shape index (κ1) is 4.92. The van der Waals surface area contributed by atoms with Gasteiger partial charge < -0.3 is 0 Å². The summed E-state index contributed by atoms with van der Waals surface area (Å²) >= 11 is 0. The van der Waals surface area contributed by atoms with E-state index in [1.165, 1.54) is 0 Å². The molecule has 1 aliphatic heterocycles. The monoisotopic (exact) mass is 116 g/mol. The third-order valence-electron chi connectivity index (χ3n) is 0.891. The molecule has 0 aliphatic carbocycles. The van der Waals surface area contributed by atoms with Gasteiger partial charge in [0.25, 0.3) is 0 Å². The Balaban J connectivity index is 2.65. The maximum Gasteiger partial charge on any atom is 0.216 e. The van der Waals surface area contributed by atoms with E-state index in [0.717, 1.165) is 6.16 Å². The van der Waals surface area contributed by atoms with Crippen molar-refractivity contribution in [2.24, 2.45) is 0 Å². The van der Waals surface area contributed by atoms with Gasteiger partial charge in [-0.2, -0.15) is 0 Å². The number of hydrogen-bond acceptors (Lipinski definition) is 2. The number of carbonyl (C=O) groups is 2. The van der Waals surface area contributed by atoms with Gasteiger partial charge in [-0.1, -0.05) is 0 Å². The van der Waals surface area contributed by atoms with Crippen molar-refractivity contribution in [3.63, 3.8) is 0 Å². The minimum atomic E-state index is -0.168. The minimum Gasteiger partial charge on any atom is -0.290 e. The average molecular weight is 116 g/mol. The lowest BCUT2D eigenvalue weighted by atomic mass is 10.3. The first-order chi connectivity index (χ1) is 3.30. The van der Waals surface area contributed by atoms with Gasteiger partial charge >= 0.3 is 0 Å². The molecule has 0 saturated carbocycles. The maximum atomic E-state index is 10.2. The molecule has 3 heteroatoms. The quantitative estimate of drug-likeness (QED) is 0.334. The van der Waals surface area contributed by atoms with Gasteiger partial charge in [0.15, 0.2) is 0 Å². The second-order valence-corrected chi connectivity index (χ2v) is 2.74. The van der Waals surface area contributed by atoms with Gasteiger partial charge in [-0.05, 0) is 14.7 Å².